The van der Waals surface area contributed by atoms with E-state index in [1.165, 1.54) is 6.08 Å². The molecule has 0 saturated heterocycles. The van der Waals surface area contributed by atoms with Gasteiger partial charge in [-0.25, -0.2) is 4.79 Å². The van der Waals surface area contributed by atoms with Crippen molar-refractivity contribution >= 4 is 23.8 Å². The zero-order valence-corrected chi connectivity index (χ0v) is 18.9. The van der Waals surface area contributed by atoms with Gasteiger partial charge in [0.1, 0.15) is 17.4 Å². The fourth-order valence-electron chi connectivity index (χ4n) is 2.75. The van der Waals surface area contributed by atoms with Crippen LogP contribution in [0.2, 0.25) is 0 Å². The molecule has 0 aromatic heterocycles. The van der Waals surface area contributed by atoms with Crippen LogP contribution in [0.1, 0.15) is 38.8 Å². The molecule has 0 spiro atoms. The summed E-state index contributed by atoms with van der Waals surface area (Å²) in [5.41, 5.74) is 1.67. The van der Waals surface area contributed by atoms with E-state index >= 15 is 0 Å². The minimum absolute atomic E-state index is 0.0135. The summed E-state index contributed by atoms with van der Waals surface area (Å²) >= 11 is 0. The number of nitriles is 1. The van der Waals surface area contributed by atoms with Gasteiger partial charge in [0, 0.05) is 18.3 Å². The molecule has 0 aliphatic carbocycles. The quantitative estimate of drug-likeness (QED) is 0.589. The Morgan fingerprint density at radius 3 is 2.44 bits per heavy atom. The standard InChI is InChI=1S/C25H29N3O4/c1-5-28(24(30)32-25(2,3)4)18-20-8-6-7-9-22(20)27-23(29)15-12-19-10-13-21(14-11-19)31-17-16-26/h6-15H,5,17-18H2,1-4H3,(H,27,29). The molecule has 1 N–H and O–H groups in total. The molecule has 0 atom stereocenters. The van der Waals surface area contributed by atoms with Crippen molar-refractivity contribution in [3.05, 3.63) is 65.7 Å². The van der Waals surface area contributed by atoms with Gasteiger partial charge >= 0.3 is 6.09 Å². The minimum atomic E-state index is -0.580. The Balaban J connectivity index is 2.04. The van der Waals surface area contributed by atoms with E-state index < -0.39 is 11.7 Å². The van der Waals surface area contributed by atoms with Crippen molar-refractivity contribution < 1.29 is 19.1 Å². The monoisotopic (exact) mass is 435 g/mol. The summed E-state index contributed by atoms with van der Waals surface area (Å²) in [5, 5.41) is 11.4. The van der Waals surface area contributed by atoms with Gasteiger partial charge < -0.3 is 19.7 Å². The molecule has 2 aromatic carbocycles. The van der Waals surface area contributed by atoms with Crippen LogP contribution in [-0.4, -0.2) is 35.7 Å². The molecule has 0 aliphatic heterocycles. The van der Waals surface area contributed by atoms with Crippen molar-refractivity contribution in [2.45, 2.75) is 39.8 Å². The second-order valence-corrected chi connectivity index (χ2v) is 7.99. The molecular weight excluding hydrogens is 406 g/mol. The van der Waals surface area contributed by atoms with Crippen LogP contribution in [0.3, 0.4) is 0 Å². The molecule has 7 nitrogen and oxygen atoms in total. The van der Waals surface area contributed by atoms with E-state index in [1.807, 2.05) is 52.0 Å². The summed E-state index contributed by atoms with van der Waals surface area (Å²) in [7, 11) is 0. The second kappa shape index (κ2) is 11.6. The lowest BCUT2D eigenvalue weighted by molar-refractivity contribution is -0.111. The van der Waals surface area contributed by atoms with Crippen LogP contribution in [0.25, 0.3) is 6.08 Å². The third-order valence-corrected chi connectivity index (χ3v) is 4.28. The second-order valence-electron chi connectivity index (χ2n) is 7.99. The number of amides is 2. The Bertz CT molecular complexity index is 985. The van der Waals surface area contributed by atoms with E-state index in [0.29, 0.717) is 24.5 Å². The maximum Gasteiger partial charge on any atom is 0.410 e. The number of carbonyl (C=O) groups is 2. The lowest BCUT2D eigenvalue weighted by Crippen LogP contribution is -2.36. The fourth-order valence-corrected chi connectivity index (χ4v) is 2.75. The normalized spacial score (nSPS) is 11.0. The summed E-state index contributed by atoms with van der Waals surface area (Å²) in [6.07, 6.45) is 2.72. The molecule has 0 fully saturated rings. The number of carbonyl (C=O) groups excluding carboxylic acids is 2. The zero-order valence-electron chi connectivity index (χ0n) is 18.9. The zero-order chi connectivity index (χ0) is 23.6. The van der Waals surface area contributed by atoms with Gasteiger partial charge in [0.2, 0.25) is 5.91 Å². The first-order valence-corrected chi connectivity index (χ1v) is 10.4. The predicted octanol–water partition coefficient (Wildman–Crippen LogP) is 5.00. The molecule has 0 heterocycles. The molecule has 0 bridgehead atoms. The number of anilines is 1. The topological polar surface area (TPSA) is 91.7 Å². The maximum atomic E-state index is 12.5. The highest BCUT2D eigenvalue weighted by molar-refractivity contribution is 6.02. The molecule has 0 radical (unpaired) electrons. The molecule has 2 amide bonds. The van der Waals surface area contributed by atoms with Crippen LogP contribution >= 0.6 is 0 Å². The number of nitrogens with zero attached hydrogens (tertiary/aromatic N) is 2. The molecule has 168 valence electrons. The number of para-hydroxylation sites is 1. The van der Waals surface area contributed by atoms with Crippen LogP contribution in [0.15, 0.2) is 54.6 Å². The number of rotatable bonds is 8. The van der Waals surface area contributed by atoms with Gasteiger partial charge in [-0.2, -0.15) is 5.26 Å². The van der Waals surface area contributed by atoms with Gasteiger partial charge in [-0.15, -0.1) is 0 Å². The molecule has 0 unspecified atom stereocenters. The summed E-state index contributed by atoms with van der Waals surface area (Å²) in [6, 6.07) is 16.3. The molecular formula is C25H29N3O4. The van der Waals surface area contributed by atoms with Gasteiger partial charge in [-0.3, -0.25) is 4.79 Å². The van der Waals surface area contributed by atoms with Crippen LogP contribution in [0, 0.1) is 11.3 Å². The van der Waals surface area contributed by atoms with Crippen molar-refractivity contribution in [3.8, 4) is 11.8 Å². The average Bonchev–Trinajstić information content (AvgIpc) is 2.75. The number of ether oxygens (including phenoxy) is 2. The smallest absolute Gasteiger partial charge is 0.410 e. The highest BCUT2D eigenvalue weighted by Gasteiger charge is 2.22. The van der Waals surface area contributed by atoms with E-state index in [-0.39, 0.29) is 12.5 Å². The molecule has 2 aromatic rings. The van der Waals surface area contributed by atoms with Gasteiger partial charge in [-0.1, -0.05) is 30.3 Å². The molecule has 7 heteroatoms. The minimum Gasteiger partial charge on any atom is -0.479 e. The Labute approximate surface area is 189 Å². The number of hydrogen-bond donors (Lipinski definition) is 1. The molecule has 2 rings (SSSR count). The van der Waals surface area contributed by atoms with Crippen molar-refractivity contribution in [2.24, 2.45) is 0 Å². The summed E-state index contributed by atoms with van der Waals surface area (Å²) in [5.74, 6) is 0.301. The summed E-state index contributed by atoms with van der Waals surface area (Å²) < 4.78 is 10.7. The maximum absolute atomic E-state index is 12.5. The first-order valence-electron chi connectivity index (χ1n) is 10.4. The van der Waals surface area contributed by atoms with Crippen molar-refractivity contribution in [2.75, 3.05) is 18.5 Å². The Morgan fingerprint density at radius 1 is 1.12 bits per heavy atom. The third-order valence-electron chi connectivity index (χ3n) is 4.28. The molecule has 0 aliphatic rings. The average molecular weight is 436 g/mol. The summed E-state index contributed by atoms with van der Waals surface area (Å²) in [6.45, 7) is 8.14. The number of hydrogen-bond acceptors (Lipinski definition) is 5. The Morgan fingerprint density at radius 2 is 1.81 bits per heavy atom. The lowest BCUT2D eigenvalue weighted by atomic mass is 10.1. The lowest BCUT2D eigenvalue weighted by Gasteiger charge is -2.27. The third kappa shape index (κ3) is 8.15. The highest BCUT2D eigenvalue weighted by Crippen LogP contribution is 2.19. The van der Waals surface area contributed by atoms with E-state index in [2.05, 4.69) is 5.32 Å². The number of benzene rings is 2. The van der Waals surface area contributed by atoms with Crippen LogP contribution in [0.5, 0.6) is 5.75 Å². The van der Waals surface area contributed by atoms with Crippen molar-refractivity contribution in [1.29, 1.82) is 5.26 Å². The molecule has 0 saturated carbocycles. The van der Waals surface area contributed by atoms with Crippen LogP contribution in [-0.2, 0) is 16.1 Å². The van der Waals surface area contributed by atoms with Gasteiger partial charge in [-0.05, 0) is 63.1 Å². The van der Waals surface area contributed by atoms with E-state index in [0.717, 1.165) is 11.1 Å². The van der Waals surface area contributed by atoms with E-state index in [4.69, 9.17) is 14.7 Å². The van der Waals surface area contributed by atoms with Gasteiger partial charge in [0.15, 0.2) is 6.61 Å². The Kier molecular flexibility index (Phi) is 8.84. The molecule has 32 heavy (non-hydrogen) atoms. The summed E-state index contributed by atoms with van der Waals surface area (Å²) in [4.78, 5) is 26.5. The first kappa shape index (κ1) is 24.5. The SMILES string of the molecule is CCN(Cc1ccccc1NC(=O)C=Cc1ccc(OCC#N)cc1)C(=O)OC(C)(C)C. The fraction of sp³-hybridized carbons (Fsp3) is 0.320. The van der Waals surface area contributed by atoms with E-state index in [9.17, 15) is 9.59 Å². The number of nitrogens with one attached hydrogen (secondary N) is 1. The first-order chi connectivity index (χ1) is 15.2. The predicted molar refractivity (Wildman–Crippen MR) is 124 cm³/mol. The van der Waals surface area contributed by atoms with Crippen LogP contribution in [0.4, 0.5) is 10.5 Å². The van der Waals surface area contributed by atoms with Gasteiger partial charge in [0.05, 0.1) is 6.54 Å². The largest absolute Gasteiger partial charge is 0.479 e. The van der Waals surface area contributed by atoms with Crippen molar-refractivity contribution in [3.63, 3.8) is 0 Å². The van der Waals surface area contributed by atoms with Crippen LogP contribution < -0.4 is 10.1 Å². The van der Waals surface area contributed by atoms with Crippen molar-refractivity contribution in [1.82, 2.24) is 4.90 Å². The highest BCUT2D eigenvalue weighted by atomic mass is 16.6. The van der Waals surface area contributed by atoms with E-state index in [1.54, 1.807) is 41.3 Å². The van der Waals surface area contributed by atoms with Gasteiger partial charge in [0.25, 0.3) is 0 Å². The Hall–Kier alpha value is -3.79.